The van der Waals surface area contributed by atoms with Crippen molar-refractivity contribution in [2.24, 2.45) is 0 Å². The largest absolute Gasteiger partial charge is 0.351 e. The molecule has 0 atom stereocenters. The van der Waals surface area contributed by atoms with Crippen molar-refractivity contribution in [1.82, 2.24) is 9.47 Å². The molecule has 29 heavy (non-hydrogen) atoms. The van der Waals surface area contributed by atoms with E-state index in [4.69, 9.17) is 0 Å². The Morgan fingerprint density at radius 2 is 1.97 bits per heavy atom. The molecule has 0 radical (unpaired) electrons. The van der Waals surface area contributed by atoms with E-state index in [0.717, 1.165) is 35.1 Å². The van der Waals surface area contributed by atoms with Gasteiger partial charge in [0.25, 0.3) is 11.1 Å². The fraction of sp³-hybridized carbons (Fsp3) is 0.286. The highest BCUT2D eigenvalue weighted by atomic mass is 32.2. The van der Waals surface area contributed by atoms with Gasteiger partial charge in [-0.2, -0.15) is 0 Å². The Labute approximate surface area is 171 Å². The normalized spacial score (nSPS) is 18.8. The molecule has 2 aromatic rings. The molecule has 2 aliphatic rings. The van der Waals surface area contributed by atoms with Gasteiger partial charge < -0.3 is 9.88 Å². The zero-order valence-corrected chi connectivity index (χ0v) is 16.5. The average Bonchev–Trinajstić information content (AvgIpc) is 3.42. The van der Waals surface area contributed by atoms with Crippen molar-refractivity contribution in [2.75, 3.05) is 11.9 Å². The van der Waals surface area contributed by atoms with Crippen LogP contribution in [0, 0.1) is 5.82 Å². The Hall–Kier alpha value is -2.87. The van der Waals surface area contributed by atoms with E-state index >= 15 is 0 Å². The summed E-state index contributed by atoms with van der Waals surface area (Å²) in [5.74, 6) is -1.73. The van der Waals surface area contributed by atoms with Crippen molar-refractivity contribution in [2.45, 2.75) is 31.7 Å². The van der Waals surface area contributed by atoms with Gasteiger partial charge in [0.15, 0.2) is 0 Å². The van der Waals surface area contributed by atoms with Gasteiger partial charge in [-0.3, -0.25) is 19.3 Å². The van der Waals surface area contributed by atoms with Crippen LogP contribution in [-0.4, -0.2) is 33.1 Å². The van der Waals surface area contributed by atoms with Gasteiger partial charge in [-0.25, -0.2) is 4.39 Å². The summed E-state index contributed by atoms with van der Waals surface area (Å²) in [6, 6.07) is 8.13. The summed E-state index contributed by atoms with van der Waals surface area (Å²) in [6.07, 6.45) is 10.4. The first kappa shape index (κ1) is 19.4. The first-order valence-electron chi connectivity index (χ1n) is 9.48. The molecule has 1 saturated carbocycles. The molecule has 1 aromatic carbocycles. The molecule has 1 aliphatic carbocycles. The summed E-state index contributed by atoms with van der Waals surface area (Å²) < 4.78 is 15.8. The molecule has 150 valence electrons. The maximum Gasteiger partial charge on any atom is 0.294 e. The number of rotatable bonds is 5. The summed E-state index contributed by atoms with van der Waals surface area (Å²) in [6.45, 7) is -0.459. The summed E-state index contributed by atoms with van der Waals surface area (Å²) in [5, 5.41) is 1.87. The van der Waals surface area contributed by atoms with Crippen LogP contribution in [0.3, 0.4) is 0 Å². The predicted molar refractivity (Wildman–Crippen MR) is 110 cm³/mol. The molecule has 1 N–H and O–H groups in total. The third-order valence-corrected chi connectivity index (χ3v) is 6.01. The van der Waals surface area contributed by atoms with Crippen LogP contribution < -0.4 is 5.32 Å². The van der Waals surface area contributed by atoms with Gasteiger partial charge in [-0.15, -0.1) is 0 Å². The molecular weight excluding hydrogens is 393 g/mol. The minimum absolute atomic E-state index is 0.00765. The third kappa shape index (κ3) is 4.27. The van der Waals surface area contributed by atoms with Crippen molar-refractivity contribution < 1.29 is 18.8 Å². The molecule has 2 fully saturated rings. The van der Waals surface area contributed by atoms with Crippen LogP contribution in [0.2, 0.25) is 0 Å². The standard InChI is InChI=1S/C21H20FN3O3S/c22-16-7-3-4-8-17(16)23-19(26)13-25-20(27)18(29-21(25)28)11-14-9-10-24(12-14)15-5-1-2-6-15/h3-4,7-12,15H,1-2,5-6,13H2,(H,23,26)/b18-11+. The van der Waals surface area contributed by atoms with Crippen LogP contribution in [0.4, 0.5) is 14.9 Å². The van der Waals surface area contributed by atoms with E-state index in [9.17, 15) is 18.8 Å². The van der Waals surface area contributed by atoms with Crippen LogP contribution in [0.5, 0.6) is 0 Å². The summed E-state index contributed by atoms with van der Waals surface area (Å²) in [5.41, 5.74) is 0.853. The molecule has 0 bridgehead atoms. The van der Waals surface area contributed by atoms with E-state index in [1.165, 1.54) is 31.0 Å². The number of anilines is 1. The number of hydrogen-bond donors (Lipinski definition) is 1. The van der Waals surface area contributed by atoms with Gasteiger partial charge in [-0.05, 0) is 54.4 Å². The van der Waals surface area contributed by atoms with Crippen LogP contribution in [0.25, 0.3) is 6.08 Å². The number of para-hydroxylation sites is 1. The fourth-order valence-electron chi connectivity index (χ4n) is 3.63. The van der Waals surface area contributed by atoms with Crippen molar-refractivity contribution >= 4 is 40.6 Å². The van der Waals surface area contributed by atoms with Gasteiger partial charge in [0, 0.05) is 18.4 Å². The number of amides is 3. The number of imide groups is 1. The number of thioether (sulfide) groups is 1. The van der Waals surface area contributed by atoms with E-state index in [2.05, 4.69) is 9.88 Å². The van der Waals surface area contributed by atoms with E-state index in [1.54, 1.807) is 12.1 Å². The van der Waals surface area contributed by atoms with Crippen molar-refractivity contribution in [1.29, 1.82) is 0 Å². The van der Waals surface area contributed by atoms with Gasteiger partial charge in [-0.1, -0.05) is 25.0 Å². The highest BCUT2D eigenvalue weighted by Gasteiger charge is 2.36. The quantitative estimate of drug-likeness (QED) is 0.737. The number of carbonyl (C=O) groups excluding carboxylic acids is 3. The molecule has 3 amide bonds. The maximum atomic E-state index is 13.7. The zero-order valence-electron chi connectivity index (χ0n) is 15.6. The number of aromatic nitrogens is 1. The lowest BCUT2D eigenvalue weighted by Gasteiger charge is -2.12. The zero-order chi connectivity index (χ0) is 20.4. The molecule has 6 nitrogen and oxygen atoms in total. The van der Waals surface area contributed by atoms with Crippen molar-refractivity contribution in [3.63, 3.8) is 0 Å². The molecule has 4 rings (SSSR count). The SMILES string of the molecule is O=C(CN1C(=O)S/C(=C/c2ccn(C3CCCC3)c2)C1=O)Nc1ccccc1F. The molecule has 1 aliphatic heterocycles. The lowest BCUT2D eigenvalue weighted by atomic mass is 10.2. The molecule has 1 saturated heterocycles. The lowest BCUT2D eigenvalue weighted by molar-refractivity contribution is -0.127. The number of nitrogens with zero attached hydrogens (tertiary/aromatic N) is 2. The van der Waals surface area contributed by atoms with Crippen LogP contribution in [-0.2, 0) is 9.59 Å². The fourth-order valence-corrected chi connectivity index (χ4v) is 4.47. The van der Waals surface area contributed by atoms with Crippen molar-refractivity contribution in [3.8, 4) is 0 Å². The predicted octanol–water partition coefficient (Wildman–Crippen LogP) is 4.42. The summed E-state index contributed by atoms with van der Waals surface area (Å²) in [4.78, 5) is 38.1. The first-order chi connectivity index (χ1) is 14.0. The Kier molecular flexibility index (Phi) is 5.53. The van der Waals surface area contributed by atoms with Crippen LogP contribution in [0.1, 0.15) is 37.3 Å². The highest BCUT2D eigenvalue weighted by Crippen LogP contribution is 2.33. The molecule has 2 heterocycles. The minimum Gasteiger partial charge on any atom is -0.351 e. The number of nitrogens with one attached hydrogen (secondary N) is 1. The number of halogens is 1. The second-order valence-corrected chi connectivity index (χ2v) is 8.12. The average molecular weight is 413 g/mol. The smallest absolute Gasteiger partial charge is 0.294 e. The van der Waals surface area contributed by atoms with Gasteiger partial charge in [0.05, 0.1) is 10.6 Å². The molecule has 0 spiro atoms. The second-order valence-electron chi connectivity index (χ2n) is 7.13. The Morgan fingerprint density at radius 1 is 1.21 bits per heavy atom. The monoisotopic (exact) mass is 413 g/mol. The van der Waals surface area contributed by atoms with E-state index < -0.39 is 29.4 Å². The molecular formula is C21H20FN3O3S. The minimum atomic E-state index is -0.633. The molecule has 0 unspecified atom stereocenters. The summed E-state index contributed by atoms with van der Waals surface area (Å²) in [7, 11) is 0. The van der Waals surface area contributed by atoms with Crippen LogP contribution >= 0.6 is 11.8 Å². The number of hydrogen-bond acceptors (Lipinski definition) is 4. The lowest BCUT2D eigenvalue weighted by Crippen LogP contribution is -2.36. The second kappa shape index (κ2) is 8.24. The summed E-state index contributed by atoms with van der Waals surface area (Å²) >= 11 is 0.805. The van der Waals surface area contributed by atoms with Gasteiger partial charge >= 0.3 is 0 Å². The Balaban J connectivity index is 1.42. The first-order valence-corrected chi connectivity index (χ1v) is 10.3. The van der Waals surface area contributed by atoms with Crippen molar-refractivity contribution in [3.05, 3.63) is 59.0 Å². The molecule has 8 heteroatoms. The molecule has 1 aromatic heterocycles. The number of carbonyl (C=O) groups is 3. The maximum absolute atomic E-state index is 13.7. The van der Waals surface area contributed by atoms with Gasteiger partial charge in [0.1, 0.15) is 12.4 Å². The Bertz CT molecular complexity index is 995. The number of benzene rings is 1. The van der Waals surface area contributed by atoms with E-state index in [0.29, 0.717) is 6.04 Å². The van der Waals surface area contributed by atoms with E-state index in [-0.39, 0.29) is 10.6 Å². The van der Waals surface area contributed by atoms with Crippen LogP contribution in [0.15, 0.2) is 47.6 Å². The highest BCUT2D eigenvalue weighted by molar-refractivity contribution is 8.18. The topological polar surface area (TPSA) is 71.4 Å². The third-order valence-electron chi connectivity index (χ3n) is 5.10. The van der Waals surface area contributed by atoms with Gasteiger partial charge in [0.2, 0.25) is 5.91 Å². The van der Waals surface area contributed by atoms with E-state index in [1.807, 2.05) is 18.5 Å². The Morgan fingerprint density at radius 3 is 2.72 bits per heavy atom.